The van der Waals surface area contributed by atoms with Crippen molar-refractivity contribution in [3.05, 3.63) is 77.1 Å². The minimum absolute atomic E-state index is 0.137. The number of nitrogens with zero attached hydrogens (tertiary/aromatic N) is 3. The zero-order valence-corrected chi connectivity index (χ0v) is 14.0. The van der Waals surface area contributed by atoms with E-state index in [1.165, 1.54) is 10.4 Å². The first-order chi connectivity index (χ1) is 12.2. The highest BCUT2D eigenvalue weighted by Gasteiger charge is 2.18. The van der Waals surface area contributed by atoms with Gasteiger partial charge in [0.1, 0.15) is 5.69 Å². The molecule has 6 heteroatoms. The molecule has 2 N–H and O–H groups in total. The molecule has 0 aliphatic rings. The average molecular weight is 336 g/mol. The van der Waals surface area contributed by atoms with Gasteiger partial charge in [0.25, 0.3) is 5.91 Å². The van der Waals surface area contributed by atoms with Crippen molar-refractivity contribution in [2.45, 2.75) is 26.5 Å². The van der Waals surface area contributed by atoms with Crippen molar-refractivity contribution in [1.82, 2.24) is 20.3 Å². The van der Waals surface area contributed by atoms with Crippen molar-refractivity contribution in [2.24, 2.45) is 0 Å². The van der Waals surface area contributed by atoms with Gasteiger partial charge in [-0.2, -0.15) is 4.80 Å². The maximum absolute atomic E-state index is 12.4. The molecule has 1 amide bonds. The Bertz CT molecular complexity index is 842. The highest BCUT2D eigenvalue weighted by Crippen LogP contribution is 2.11. The zero-order chi connectivity index (χ0) is 17.6. The first-order valence-corrected chi connectivity index (χ1v) is 8.19. The van der Waals surface area contributed by atoms with Gasteiger partial charge in [-0.3, -0.25) is 4.79 Å². The quantitative estimate of drug-likeness (QED) is 0.723. The lowest BCUT2D eigenvalue weighted by Crippen LogP contribution is -2.24. The van der Waals surface area contributed by atoms with Crippen LogP contribution in [-0.4, -0.2) is 26.0 Å². The number of amides is 1. The van der Waals surface area contributed by atoms with E-state index in [4.69, 9.17) is 0 Å². The van der Waals surface area contributed by atoms with Crippen LogP contribution in [0.4, 0.5) is 0 Å². The Morgan fingerprint density at radius 3 is 2.40 bits per heavy atom. The van der Waals surface area contributed by atoms with Crippen LogP contribution in [0, 0.1) is 0 Å². The number of rotatable bonds is 6. The molecule has 0 aliphatic carbocycles. The van der Waals surface area contributed by atoms with Crippen molar-refractivity contribution in [3.8, 4) is 5.69 Å². The standard InChI is InChI=1S/C19H20N4O2/c1-2-14-8-10-16(11-9-14)23-21-17(13-24)18(22-23)19(25)20-12-15-6-4-3-5-7-15/h3-11,24H,2,12-13H2,1H3,(H,20,25). The number of carbonyl (C=O) groups is 1. The minimum atomic E-state index is -0.357. The summed E-state index contributed by atoms with van der Waals surface area (Å²) in [5, 5.41) is 20.8. The maximum Gasteiger partial charge on any atom is 0.274 e. The van der Waals surface area contributed by atoms with Gasteiger partial charge in [0.2, 0.25) is 0 Å². The predicted molar refractivity (Wildman–Crippen MR) is 94.3 cm³/mol. The van der Waals surface area contributed by atoms with Gasteiger partial charge in [-0.05, 0) is 29.7 Å². The molecule has 3 aromatic rings. The summed E-state index contributed by atoms with van der Waals surface area (Å²) < 4.78 is 0. The van der Waals surface area contributed by atoms with Crippen LogP contribution >= 0.6 is 0 Å². The Morgan fingerprint density at radius 2 is 1.76 bits per heavy atom. The summed E-state index contributed by atoms with van der Waals surface area (Å²) in [7, 11) is 0. The van der Waals surface area contributed by atoms with E-state index < -0.39 is 0 Å². The van der Waals surface area contributed by atoms with Crippen molar-refractivity contribution in [2.75, 3.05) is 0 Å². The lowest BCUT2D eigenvalue weighted by Gasteiger charge is -2.03. The van der Waals surface area contributed by atoms with E-state index in [2.05, 4.69) is 22.4 Å². The van der Waals surface area contributed by atoms with E-state index in [-0.39, 0.29) is 23.9 Å². The molecule has 25 heavy (non-hydrogen) atoms. The van der Waals surface area contributed by atoms with Gasteiger partial charge in [-0.1, -0.05) is 49.4 Å². The Labute approximate surface area is 146 Å². The minimum Gasteiger partial charge on any atom is -0.390 e. The molecule has 0 aliphatic heterocycles. The number of aryl methyl sites for hydroxylation is 1. The lowest BCUT2D eigenvalue weighted by atomic mass is 10.2. The number of aromatic nitrogens is 3. The van der Waals surface area contributed by atoms with E-state index in [9.17, 15) is 9.90 Å². The number of hydrogen-bond donors (Lipinski definition) is 2. The second-order valence-electron chi connectivity index (χ2n) is 5.63. The Balaban J connectivity index is 1.78. The molecule has 0 unspecified atom stereocenters. The van der Waals surface area contributed by atoms with Crippen LogP contribution in [-0.2, 0) is 19.6 Å². The molecular formula is C19H20N4O2. The van der Waals surface area contributed by atoms with E-state index in [0.29, 0.717) is 6.54 Å². The molecule has 1 heterocycles. The van der Waals surface area contributed by atoms with Crippen molar-refractivity contribution in [3.63, 3.8) is 0 Å². The summed E-state index contributed by atoms with van der Waals surface area (Å²) in [4.78, 5) is 13.8. The van der Waals surface area contributed by atoms with Gasteiger partial charge in [0.05, 0.1) is 12.3 Å². The molecular weight excluding hydrogens is 316 g/mol. The summed E-state index contributed by atoms with van der Waals surface area (Å²) in [6.45, 7) is 2.13. The SMILES string of the molecule is CCc1ccc(-n2nc(CO)c(C(=O)NCc3ccccc3)n2)cc1. The fourth-order valence-corrected chi connectivity index (χ4v) is 2.46. The number of aliphatic hydroxyl groups excluding tert-OH is 1. The molecule has 1 aromatic heterocycles. The first kappa shape index (κ1) is 16.9. The number of carbonyl (C=O) groups excluding carboxylic acids is 1. The summed E-state index contributed by atoms with van der Waals surface area (Å²) >= 11 is 0. The first-order valence-electron chi connectivity index (χ1n) is 8.19. The van der Waals surface area contributed by atoms with Crippen LogP contribution in [0.15, 0.2) is 54.6 Å². The van der Waals surface area contributed by atoms with E-state index in [0.717, 1.165) is 17.7 Å². The molecule has 3 rings (SSSR count). The fraction of sp³-hybridized carbons (Fsp3) is 0.211. The van der Waals surface area contributed by atoms with Crippen LogP contribution in [0.3, 0.4) is 0 Å². The third kappa shape index (κ3) is 3.92. The van der Waals surface area contributed by atoms with E-state index in [1.54, 1.807) is 0 Å². The Kier molecular flexibility index (Phi) is 5.20. The number of benzene rings is 2. The summed E-state index contributed by atoms with van der Waals surface area (Å²) in [6.07, 6.45) is 0.946. The normalized spacial score (nSPS) is 10.6. The van der Waals surface area contributed by atoms with Crippen molar-refractivity contribution >= 4 is 5.91 Å². The van der Waals surface area contributed by atoms with Gasteiger partial charge < -0.3 is 10.4 Å². The van der Waals surface area contributed by atoms with E-state index >= 15 is 0 Å². The van der Waals surface area contributed by atoms with Crippen LogP contribution in [0.1, 0.15) is 34.2 Å². The van der Waals surface area contributed by atoms with E-state index in [1.807, 2.05) is 54.6 Å². The molecule has 0 bridgehead atoms. The monoisotopic (exact) mass is 336 g/mol. The predicted octanol–water partition coefficient (Wildman–Crippen LogP) is 2.25. The van der Waals surface area contributed by atoms with Gasteiger partial charge in [-0.25, -0.2) is 0 Å². The van der Waals surface area contributed by atoms with Crippen LogP contribution in [0.5, 0.6) is 0 Å². The molecule has 2 aromatic carbocycles. The molecule has 0 fully saturated rings. The highest BCUT2D eigenvalue weighted by atomic mass is 16.3. The smallest absolute Gasteiger partial charge is 0.274 e. The Hall–Kier alpha value is -2.99. The molecule has 128 valence electrons. The topological polar surface area (TPSA) is 80.0 Å². The summed E-state index contributed by atoms with van der Waals surface area (Å²) in [5.74, 6) is -0.357. The van der Waals surface area contributed by atoms with Gasteiger partial charge in [0.15, 0.2) is 5.69 Å². The highest BCUT2D eigenvalue weighted by molar-refractivity contribution is 5.93. The molecule has 0 saturated carbocycles. The van der Waals surface area contributed by atoms with Crippen molar-refractivity contribution < 1.29 is 9.90 Å². The lowest BCUT2D eigenvalue weighted by molar-refractivity contribution is 0.0942. The molecule has 0 spiro atoms. The van der Waals surface area contributed by atoms with Crippen molar-refractivity contribution in [1.29, 1.82) is 0 Å². The molecule has 0 radical (unpaired) electrons. The van der Waals surface area contributed by atoms with Gasteiger partial charge in [0, 0.05) is 6.54 Å². The summed E-state index contributed by atoms with van der Waals surface area (Å²) in [5.41, 5.74) is 3.33. The van der Waals surface area contributed by atoms with Gasteiger partial charge >= 0.3 is 0 Å². The fourth-order valence-electron chi connectivity index (χ4n) is 2.46. The van der Waals surface area contributed by atoms with Crippen LogP contribution in [0.2, 0.25) is 0 Å². The Morgan fingerprint density at radius 1 is 1.04 bits per heavy atom. The third-order valence-electron chi connectivity index (χ3n) is 3.92. The average Bonchev–Trinajstić information content (AvgIpc) is 3.11. The summed E-state index contributed by atoms with van der Waals surface area (Å²) in [6, 6.07) is 17.4. The zero-order valence-electron chi connectivity index (χ0n) is 14.0. The molecule has 0 atom stereocenters. The second-order valence-corrected chi connectivity index (χ2v) is 5.63. The molecule has 0 saturated heterocycles. The maximum atomic E-state index is 12.4. The number of aliphatic hydroxyl groups is 1. The van der Waals surface area contributed by atoms with Crippen LogP contribution < -0.4 is 5.32 Å². The van der Waals surface area contributed by atoms with Gasteiger partial charge in [-0.15, -0.1) is 10.2 Å². The second kappa shape index (κ2) is 7.72. The molecule has 6 nitrogen and oxygen atoms in total. The van der Waals surface area contributed by atoms with Crippen LogP contribution in [0.25, 0.3) is 5.69 Å². The number of hydrogen-bond acceptors (Lipinski definition) is 4. The largest absolute Gasteiger partial charge is 0.390 e. The third-order valence-corrected chi connectivity index (χ3v) is 3.92. The number of nitrogens with one attached hydrogen (secondary N) is 1.